The summed E-state index contributed by atoms with van der Waals surface area (Å²) in [6.45, 7) is 0.526. The molecule has 0 spiro atoms. The van der Waals surface area contributed by atoms with Crippen LogP contribution in [0.4, 0.5) is 4.39 Å². The zero-order valence-corrected chi connectivity index (χ0v) is 10.3. The monoisotopic (exact) mass is 249 g/mol. The Morgan fingerprint density at radius 3 is 1.74 bits per heavy atom. The number of halogens is 1. The summed E-state index contributed by atoms with van der Waals surface area (Å²) in [4.78, 5) is 0. The molecular formula is C17H12FN. The van der Waals surface area contributed by atoms with E-state index in [1.54, 1.807) is 12.1 Å². The maximum atomic E-state index is 12.7. The lowest BCUT2D eigenvalue weighted by Gasteiger charge is -1.94. The minimum absolute atomic E-state index is 0.267. The van der Waals surface area contributed by atoms with Crippen LogP contribution in [-0.4, -0.2) is 0 Å². The fourth-order valence-corrected chi connectivity index (χ4v) is 1.46. The first-order valence-corrected chi connectivity index (χ1v) is 5.84. The van der Waals surface area contributed by atoms with E-state index in [1.165, 1.54) is 12.1 Å². The lowest BCUT2D eigenvalue weighted by molar-refractivity contribution is 0.627. The second-order valence-corrected chi connectivity index (χ2v) is 3.91. The number of benzene rings is 2. The van der Waals surface area contributed by atoms with E-state index in [1.807, 2.05) is 24.3 Å². The van der Waals surface area contributed by atoms with Crippen LogP contribution in [0.2, 0.25) is 0 Å². The highest BCUT2D eigenvalue weighted by molar-refractivity contribution is 5.44. The highest BCUT2D eigenvalue weighted by atomic mass is 19.1. The number of hydrogen-bond acceptors (Lipinski definition) is 1. The molecule has 0 fully saturated rings. The van der Waals surface area contributed by atoms with E-state index in [4.69, 9.17) is 5.73 Å². The van der Waals surface area contributed by atoms with Crippen LogP contribution in [0.3, 0.4) is 0 Å². The topological polar surface area (TPSA) is 26.0 Å². The van der Waals surface area contributed by atoms with Crippen molar-refractivity contribution in [3.63, 3.8) is 0 Å². The van der Waals surface area contributed by atoms with Gasteiger partial charge in [-0.3, -0.25) is 0 Å². The fourth-order valence-electron chi connectivity index (χ4n) is 1.46. The largest absolute Gasteiger partial charge is 0.326 e. The summed E-state index contributed by atoms with van der Waals surface area (Å²) in [5.74, 6) is 11.0. The third kappa shape index (κ3) is 4.00. The van der Waals surface area contributed by atoms with Crippen molar-refractivity contribution >= 4 is 0 Å². The van der Waals surface area contributed by atoms with Gasteiger partial charge in [-0.15, -0.1) is 0 Å². The van der Waals surface area contributed by atoms with Gasteiger partial charge in [0.1, 0.15) is 5.82 Å². The molecule has 0 aliphatic heterocycles. The van der Waals surface area contributed by atoms with Crippen LogP contribution < -0.4 is 5.73 Å². The zero-order valence-electron chi connectivity index (χ0n) is 10.3. The Hall–Kier alpha value is -2.55. The summed E-state index contributed by atoms with van der Waals surface area (Å²) in [5.41, 5.74) is 8.22. The lowest BCUT2D eigenvalue weighted by Crippen LogP contribution is -1.95. The predicted molar refractivity (Wildman–Crippen MR) is 74.5 cm³/mol. The maximum absolute atomic E-state index is 12.7. The quantitative estimate of drug-likeness (QED) is 0.773. The zero-order chi connectivity index (χ0) is 13.5. The number of rotatable bonds is 1. The van der Waals surface area contributed by atoms with E-state index >= 15 is 0 Å². The van der Waals surface area contributed by atoms with Crippen LogP contribution >= 0.6 is 0 Å². The molecular weight excluding hydrogens is 237 g/mol. The molecule has 0 amide bonds. The van der Waals surface area contributed by atoms with Gasteiger partial charge in [-0.1, -0.05) is 24.0 Å². The first kappa shape index (κ1) is 12.9. The average Bonchev–Trinajstić information content (AvgIpc) is 2.46. The maximum Gasteiger partial charge on any atom is 0.123 e. The van der Waals surface area contributed by atoms with Gasteiger partial charge in [-0.2, -0.15) is 0 Å². The Kier molecular flexibility index (Phi) is 4.34. The first-order valence-electron chi connectivity index (χ1n) is 5.84. The Morgan fingerprint density at radius 1 is 0.789 bits per heavy atom. The highest BCUT2D eigenvalue weighted by Gasteiger charge is 1.89. The van der Waals surface area contributed by atoms with E-state index in [2.05, 4.69) is 23.7 Å². The predicted octanol–water partition coefficient (Wildman–Crippen LogP) is 2.69. The molecule has 0 saturated heterocycles. The van der Waals surface area contributed by atoms with Gasteiger partial charge >= 0.3 is 0 Å². The normalized spacial score (nSPS) is 8.95. The molecule has 0 aliphatic rings. The summed E-state index contributed by atoms with van der Waals surface area (Å²) < 4.78 is 12.7. The third-order valence-electron chi connectivity index (χ3n) is 2.51. The van der Waals surface area contributed by atoms with Crippen molar-refractivity contribution in [2.45, 2.75) is 6.54 Å². The second kappa shape index (κ2) is 6.40. The lowest BCUT2D eigenvalue weighted by atomic mass is 10.1. The molecule has 0 aromatic heterocycles. The smallest absolute Gasteiger partial charge is 0.123 e. The molecule has 2 heteroatoms. The van der Waals surface area contributed by atoms with E-state index < -0.39 is 0 Å². The molecule has 1 nitrogen and oxygen atoms in total. The van der Waals surface area contributed by atoms with Crippen molar-refractivity contribution in [3.05, 3.63) is 71.0 Å². The third-order valence-corrected chi connectivity index (χ3v) is 2.51. The highest BCUT2D eigenvalue weighted by Crippen LogP contribution is 2.02. The van der Waals surface area contributed by atoms with Crippen molar-refractivity contribution in [1.29, 1.82) is 0 Å². The molecule has 0 aliphatic carbocycles. The summed E-state index contributed by atoms with van der Waals surface area (Å²) in [7, 11) is 0. The molecule has 0 heterocycles. The molecule has 0 saturated carbocycles. The van der Waals surface area contributed by atoms with Crippen LogP contribution in [-0.2, 0) is 6.54 Å². The van der Waals surface area contributed by atoms with E-state index in [0.717, 1.165) is 16.7 Å². The minimum Gasteiger partial charge on any atom is -0.326 e. The molecule has 0 bridgehead atoms. The van der Waals surface area contributed by atoms with Crippen molar-refractivity contribution in [3.8, 4) is 23.7 Å². The molecule has 2 N–H and O–H groups in total. The van der Waals surface area contributed by atoms with Crippen LogP contribution in [0.25, 0.3) is 0 Å². The SMILES string of the molecule is NCc1ccc(C#CC#Cc2ccc(F)cc2)cc1. The Labute approximate surface area is 112 Å². The van der Waals surface area contributed by atoms with Gasteiger partial charge in [0.25, 0.3) is 0 Å². The summed E-state index contributed by atoms with van der Waals surface area (Å²) >= 11 is 0. The van der Waals surface area contributed by atoms with Gasteiger partial charge in [0.2, 0.25) is 0 Å². The van der Waals surface area contributed by atoms with Crippen LogP contribution in [0.1, 0.15) is 16.7 Å². The van der Waals surface area contributed by atoms with Gasteiger partial charge < -0.3 is 5.73 Å². The van der Waals surface area contributed by atoms with Crippen LogP contribution in [0.15, 0.2) is 48.5 Å². The molecule has 2 aromatic rings. The van der Waals surface area contributed by atoms with E-state index in [-0.39, 0.29) is 5.82 Å². The van der Waals surface area contributed by atoms with E-state index in [9.17, 15) is 4.39 Å². The Balaban J connectivity index is 2.06. The fraction of sp³-hybridized carbons (Fsp3) is 0.0588. The molecule has 0 radical (unpaired) electrons. The Morgan fingerprint density at radius 2 is 1.26 bits per heavy atom. The minimum atomic E-state index is -0.267. The first-order chi connectivity index (χ1) is 9.28. The molecule has 2 aromatic carbocycles. The van der Waals surface area contributed by atoms with Crippen LogP contribution in [0, 0.1) is 29.5 Å². The van der Waals surface area contributed by atoms with Gasteiger partial charge in [0.15, 0.2) is 0 Å². The molecule has 2 rings (SSSR count). The van der Waals surface area contributed by atoms with Gasteiger partial charge in [0, 0.05) is 17.7 Å². The van der Waals surface area contributed by atoms with Crippen molar-refractivity contribution in [1.82, 2.24) is 0 Å². The Bertz CT molecular complexity index is 662. The van der Waals surface area contributed by atoms with Crippen molar-refractivity contribution < 1.29 is 4.39 Å². The molecule has 19 heavy (non-hydrogen) atoms. The van der Waals surface area contributed by atoms with Crippen molar-refractivity contribution in [2.24, 2.45) is 5.73 Å². The summed E-state index contributed by atoms with van der Waals surface area (Å²) in [6, 6.07) is 13.7. The van der Waals surface area contributed by atoms with Gasteiger partial charge in [-0.05, 0) is 53.8 Å². The molecule has 0 atom stereocenters. The number of hydrogen-bond donors (Lipinski definition) is 1. The van der Waals surface area contributed by atoms with Crippen molar-refractivity contribution in [2.75, 3.05) is 0 Å². The summed E-state index contributed by atoms with van der Waals surface area (Å²) in [5, 5.41) is 0. The second-order valence-electron chi connectivity index (χ2n) is 3.91. The molecule has 92 valence electrons. The average molecular weight is 249 g/mol. The van der Waals surface area contributed by atoms with Crippen LogP contribution in [0.5, 0.6) is 0 Å². The van der Waals surface area contributed by atoms with E-state index in [0.29, 0.717) is 6.54 Å². The van der Waals surface area contributed by atoms with Gasteiger partial charge in [0.05, 0.1) is 0 Å². The van der Waals surface area contributed by atoms with Gasteiger partial charge in [-0.25, -0.2) is 4.39 Å². The molecule has 0 unspecified atom stereocenters. The number of nitrogens with two attached hydrogens (primary N) is 1. The standard InChI is InChI=1S/C17H12FN/c18-17-11-9-15(10-12-17)4-2-1-3-14-5-7-16(13-19)8-6-14/h5-12H,13,19H2. The summed E-state index contributed by atoms with van der Waals surface area (Å²) in [6.07, 6.45) is 0.